The predicted molar refractivity (Wildman–Crippen MR) is 137 cm³/mol. The third-order valence-electron chi connectivity index (χ3n) is 8.66. The molecule has 0 aliphatic carbocycles. The molecule has 1 aliphatic rings. The molecular formula is C29H57N2+. The number of nitrogens with zero attached hydrogens (tertiary/aromatic N) is 2. The van der Waals surface area contributed by atoms with Crippen LogP contribution in [0.25, 0.3) is 0 Å². The van der Waals surface area contributed by atoms with Gasteiger partial charge in [0.15, 0.2) is 0 Å². The van der Waals surface area contributed by atoms with Crippen LogP contribution in [-0.4, -0.2) is 22.6 Å². The summed E-state index contributed by atoms with van der Waals surface area (Å²) in [6.07, 6.45) is 29.4. The van der Waals surface area contributed by atoms with Crippen molar-refractivity contribution in [3.8, 4) is 6.19 Å². The van der Waals surface area contributed by atoms with E-state index in [1.807, 2.05) is 0 Å². The summed E-state index contributed by atoms with van der Waals surface area (Å²) in [5, 5.41) is 9.85. The average Bonchev–Trinajstić information content (AvgIpc) is 2.71. The van der Waals surface area contributed by atoms with E-state index in [0.29, 0.717) is 4.48 Å². The Morgan fingerprint density at radius 2 is 0.968 bits per heavy atom. The van der Waals surface area contributed by atoms with Gasteiger partial charge < -0.3 is 0 Å². The van der Waals surface area contributed by atoms with Gasteiger partial charge in [-0.05, 0) is 40.0 Å². The summed E-state index contributed by atoms with van der Waals surface area (Å²) in [6.45, 7) is 11.5. The molecule has 2 nitrogen and oxygen atoms in total. The monoisotopic (exact) mass is 433 g/mol. The van der Waals surface area contributed by atoms with Crippen LogP contribution in [0.2, 0.25) is 0 Å². The van der Waals surface area contributed by atoms with E-state index in [-0.39, 0.29) is 11.1 Å². The van der Waals surface area contributed by atoms with E-state index >= 15 is 0 Å². The number of unbranched alkanes of at least 4 members (excludes halogenated alkanes) is 15. The van der Waals surface area contributed by atoms with Crippen LogP contribution in [0.3, 0.4) is 0 Å². The first kappa shape index (κ1) is 28.5. The molecule has 0 N–H and O–H groups in total. The van der Waals surface area contributed by atoms with Gasteiger partial charge >= 0.3 is 6.19 Å². The summed E-state index contributed by atoms with van der Waals surface area (Å²) in [5.74, 6) is 0.788. The molecule has 0 spiro atoms. The van der Waals surface area contributed by atoms with Crippen molar-refractivity contribution in [2.24, 2.45) is 5.92 Å². The molecule has 0 saturated carbocycles. The van der Waals surface area contributed by atoms with Gasteiger partial charge in [-0.25, -0.2) is 4.48 Å². The Morgan fingerprint density at radius 3 is 1.29 bits per heavy atom. The molecule has 0 amide bonds. The minimum atomic E-state index is 0.0518. The summed E-state index contributed by atoms with van der Waals surface area (Å²) in [7, 11) is 2.14. The second-order valence-corrected chi connectivity index (χ2v) is 12.1. The van der Waals surface area contributed by atoms with Gasteiger partial charge in [0.05, 0.1) is 7.05 Å². The highest BCUT2D eigenvalue weighted by molar-refractivity contribution is 4.93. The lowest BCUT2D eigenvalue weighted by Gasteiger charge is -2.56. The molecule has 1 fully saturated rings. The number of piperidine rings is 1. The van der Waals surface area contributed by atoms with E-state index < -0.39 is 0 Å². The zero-order chi connectivity index (χ0) is 23.2. The van der Waals surface area contributed by atoms with Crippen LogP contribution in [0.4, 0.5) is 0 Å². The quantitative estimate of drug-likeness (QED) is 0.127. The molecule has 0 aromatic heterocycles. The van der Waals surface area contributed by atoms with Crippen LogP contribution >= 0.6 is 0 Å². The highest BCUT2D eigenvalue weighted by atomic mass is 15.4. The van der Waals surface area contributed by atoms with Gasteiger partial charge in [0.2, 0.25) is 0 Å². The van der Waals surface area contributed by atoms with Crippen molar-refractivity contribution in [2.45, 2.75) is 168 Å². The minimum absolute atomic E-state index is 0.0518. The molecular weight excluding hydrogens is 376 g/mol. The van der Waals surface area contributed by atoms with Crippen molar-refractivity contribution in [1.29, 1.82) is 5.26 Å². The van der Waals surface area contributed by atoms with Crippen molar-refractivity contribution in [2.75, 3.05) is 7.05 Å². The number of hydrogen-bond donors (Lipinski definition) is 0. The normalized spacial score (nSPS) is 24.7. The maximum Gasteiger partial charge on any atom is 0.309 e. The highest BCUT2D eigenvalue weighted by Crippen LogP contribution is 2.47. The number of rotatable bonds is 17. The Morgan fingerprint density at radius 1 is 0.645 bits per heavy atom. The molecule has 1 saturated heterocycles. The van der Waals surface area contributed by atoms with E-state index in [1.54, 1.807) is 0 Å². The molecule has 182 valence electrons. The fourth-order valence-corrected chi connectivity index (χ4v) is 6.13. The van der Waals surface area contributed by atoms with Crippen molar-refractivity contribution in [1.82, 2.24) is 0 Å². The van der Waals surface area contributed by atoms with Crippen molar-refractivity contribution in [3.63, 3.8) is 0 Å². The molecule has 0 radical (unpaired) electrons. The summed E-state index contributed by atoms with van der Waals surface area (Å²) in [4.78, 5) is 0. The third-order valence-corrected chi connectivity index (χ3v) is 8.66. The van der Waals surface area contributed by atoms with E-state index in [2.05, 4.69) is 47.9 Å². The molecule has 1 heterocycles. The maximum atomic E-state index is 9.85. The second kappa shape index (κ2) is 14.6. The Balaban J connectivity index is 1.99. The smallest absolute Gasteiger partial charge is 0.217 e. The maximum absolute atomic E-state index is 9.85. The largest absolute Gasteiger partial charge is 0.309 e. The average molecular weight is 434 g/mol. The highest BCUT2D eigenvalue weighted by Gasteiger charge is 2.57. The summed E-state index contributed by atoms with van der Waals surface area (Å²) in [5.41, 5.74) is 0.104. The van der Waals surface area contributed by atoms with Crippen LogP contribution in [0.1, 0.15) is 157 Å². The van der Waals surface area contributed by atoms with Crippen LogP contribution in [-0.2, 0) is 0 Å². The van der Waals surface area contributed by atoms with Crippen LogP contribution in [0, 0.1) is 17.4 Å². The minimum Gasteiger partial charge on any atom is -0.217 e. The lowest BCUT2D eigenvalue weighted by molar-refractivity contribution is -0.949. The predicted octanol–water partition coefficient (Wildman–Crippen LogP) is 9.53. The van der Waals surface area contributed by atoms with Gasteiger partial charge in [0, 0.05) is 12.8 Å². The van der Waals surface area contributed by atoms with Crippen molar-refractivity contribution in [3.05, 3.63) is 0 Å². The molecule has 1 aliphatic heterocycles. The SMILES string of the molecule is CCCCCCCCCCCCCCCCCCC1CC(C)(C)[N+](C)(C#N)C(C)(C)C1. The molecule has 0 bridgehead atoms. The standard InChI is InChI=1S/C29H57N2/c1-7-8-9-10-11-12-13-14-15-16-17-18-19-20-21-22-23-27-24-28(2,3)31(6,26-30)29(4,5)25-27/h27H,7-25H2,1-6H3/q+1. The molecule has 0 atom stereocenters. The number of hydrogen-bond acceptors (Lipinski definition) is 1. The first-order chi connectivity index (χ1) is 14.7. The Kier molecular flexibility index (Phi) is 13.4. The van der Waals surface area contributed by atoms with E-state index in [1.165, 1.54) is 122 Å². The zero-order valence-corrected chi connectivity index (χ0v) is 22.4. The lowest BCUT2D eigenvalue weighted by atomic mass is 9.70. The molecule has 0 aromatic rings. The van der Waals surface area contributed by atoms with E-state index in [9.17, 15) is 5.26 Å². The van der Waals surface area contributed by atoms with Gasteiger partial charge in [-0.15, -0.1) is 5.26 Å². The van der Waals surface area contributed by atoms with Crippen LogP contribution in [0.15, 0.2) is 0 Å². The van der Waals surface area contributed by atoms with Gasteiger partial charge in [0.1, 0.15) is 11.1 Å². The molecule has 31 heavy (non-hydrogen) atoms. The fraction of sp³-hybridized carbons (Fsp3) is 0.966. The summed E-state index contributed by atoms with van der Waals surface area (Å²) < 4.78 is 0.537. The third kappa shape index (κ3) is 9.45. The van der Waals surface area contributed by atoms with Crippen LogP contribution in [0.5, 0.6) is 0 Å². The van der Waals surface area contributed by atoms with Gasteiger partial charge in [-0.1, -0.05) is 110 Å². The van der Waals surface area contributed by atoms with E-state index in [0.717, 1.165) is 5.92 Å². The Bertz CT molecular complexity index is 481. The molecule has 2 heteroatoms. The molecule has 0 aromatic carbocycles. The first-order valence-corrected chi connectivity index (χ1v) is 14.0. The molecule has 1 rings (SSSR count). The van der Waals surface area contributed by atoms with Crippen molar-refractivity contribution < 1.29 is 4.48 Å². The van der Waals surface area contributed by atoms with Gasteiger partial charge in [0.25, 0.3) is 0 Å². The summed E-state index contributed by atoms with van der Waals surface area (Å²) >= 11 is 0. The Hall–Kier alpha value is -0.550. The van der Waals surface area contributed by atoms with Gasteiger partial charge in [-0.2, -0.15) is 0 Å². The summed E-state index contributed by atoms with van der Waals surface area (Å²) in [6, 6.07) is 0. The fourth-order valence-electron chi connectivity index (χ4n) is 6.13. The Labute approximate surface area is 196 Å². The zero-order valence-electron chi connectivity index (χ0n) is 22.4. The second-order valence-electron chi connectivity index (χ2n) is 12.1. The number of quaternary nitrogens is 1. The molecule has 0 unspecified atom stereocenters. The van der Waals surface area contributed by atoms with Crippen LogP contribution < -0.4 is 0 Å². The number of nitriles is 1. The van der Waals surface area contributed by atoms with Crippen molar-refractivity contribution >= 4 is 0 Å². The topological polar surface area (TPSA) is 23.8 Å². The van der Waals surface area contributed by atoms with E-state index in [4.69, 9.17) is 0 Å². The number of likely N-dealkylation sites (tertiary alicyclic amines) is 1. The lowest BCUT2D eigenvalue weighted by Crippen LogP contribution is -2.69. The first-order valence-electron chi connectivity index (χ1n) is 14.0. The van der Waals surface area contributed by atoms with Gasteiger partial charge in [-0.3, -0.25) is 0 Å².